The van der Waals surface area contributed by atoms with Crippen molar-refractivity contribution in [2.75, 3.05) is 0 Å². The molecule has 0 bridgehead atoms. The molecule has 0 saturated heterocycles. The van der Waals surface area contributed by atoms with Crippen LogP contribution in [0.25, 0.3) is 0 Å². The first-order valence-corrected chi connectivity index (χ1v) is 8.74. The Kier molecular flexibility index (Phi) is 8.28. The van der Waals surface area contributed by atoms with Crippen molar-refractivity contribution in [3.8, 4) is 0 Å². The number of hydrogen-bond donors (Lipinski definition) is 2. The van der Waals surface area contributed by atoms with Gasteiger partial charge in [-0.2, -0.15) is 0 Å². The number of benzene rings is 1. The molecule has 128 valence electrons. The highest BCUT2D eigenvalue weighted by Crippen LogP contribution is 2.27. The quantitative estimate of drug-likeness (QED) is 0.444. The molecule has 1 heterocycles. The third-order valence-corrected chi connectivity index (χ3v) is 4.21. The monoisotopic (exact) mass is 345 g/mol. The van der Waals surface area contributed by atoms with Crippen LogP contribution >= 0.6 is 11.6 Å². The lowest BCUT2D eigenvalue weighted by molar-refractivity contribution is 0.227. The second-order valence-corrected chi connectivity index (χ2v) is 6.32. The Morgan fingerprint density at radius 1 is 1.12 bits per heavy atom. The number of nitrogens with one attached hydrogen (secondary N) is 1. The standard InChI is InChI=1S/C14H19ClN2O.C5H5N/c15-12-7-4-8-13(10-12)16-14(17-18)9-11-5-2-1-3-6-11;1-2-4-6-5-3-1/h4,7-8,10-11,18H,1-3,5-6,9H2,(H,16,17);1-5H. The lowest BCUT2D eigenvalue weighted by atomic mass is 9.87. The van der Waals surface area contributed by atoms with Crippen LogP contribution in [0.15, 0.2) is 59.9 Å². The summed E-state index contributed by atoms with van der Waals surface area (Å²) in [6, 6.07) is 13.1. The number of hydroxylamine groups is 1. The van der Waals surface area contributed by atoms with Crippen molar-refractivity contribution < 1.29 is 5.21 Å². The molecule has 0 spiro atoms. The van der Waals surface area contributed by atoms with E-state index in [1.165, 1.54) is 32.1 Å². The molecule has 1 fully saturated rings. The van der Waals surface area contributed by atoms with Gasteiger partial charge in [0.25, 0.3) is 0 Å². The van der Waals surface area contributed by atoms with Gasteiger partial charge in [-0.05, 0) is 36.2 Å². The molecule has 1 aliphatic carbocycles. The van der Waals surface area contributed by atoms with Crippen LogP contribution in [0.3, 0.4) is 0 Å². The Morgan fingerprint density at radius 2 is 1.88 bits per heavy atom. The van der Waals surface area contributed by atoms with Crippen molar-refractivity contribution in [1.82, 2.24) is 10.5 Å². The van der Waals surface area contributed by atoms with E-state index >= 15 is 0 Å². The number of hydrogen-bond acceptors (Lipinski definition) is 3. The van der Waals surface area contributed by atoms with E-state index in [1.807, 2.05) is 36.4 Å². The number of amidine groups is 1. The summed E-state index contributed by atoms with van der Waals surface area (Å²) in [4.78, 5) is 8.19. The number of rotatable bonds is 3. The first kappa shape index (κ1) is 18.4. The summed E-state index contributed by atoms with van der Waals surface area (Å²) >= 11 is 5.91. The Morgan fingerprint density at radius 3 is 2.42 bits per heavy atom. The lowest BCUT2D eigenvalue weighted by Gasteiger charge is -2.21. The first-order chi connectivity index (χ1) is 11.8. The molecule has 0 atom stereocenters. The van der Waals surface area contributed by atoms with Gasteiger partial charge in [-0.25, -0.2) is 4.99 Å². The van der Waals surface area contributed by atoms with Crippen LogP contribution in [0, 0.1) is 5.92 Å². The smallest absolute Gasteiger partial charge is 0.126 e. The Labute approximate surface area is 148 Å². The van der Waals surface area contributed by atoms with Crippen LogP contribution in [0.4, 0.5) is 5.69 Å². The summed E-state index contributed by atoms with van der Waals surface area (Å²) in [5.74, 6) is 1.26. The molecule has 24 heavy (non-hydrogen) atoms. The van der Waals surface area contributed by atoms with Gasteiger partial charge in [0.15, 0.2) is 0 Å². The Balaban J connectivity index is 0.000000292. The van der Waals surface area contributed by atoms with Crippen LogP contribution in [-0.2, 0) is 0 Å². The molecule has 3 rings (SSSR count). The minimum absolute atomic E-state index is 0.629. The van der Waals surface area contributed by atoms with E-state index < -0.39 is 0 Å². The van der Waals surface area contributed by atoms with Gasteiger partial charge in [-0.15, -0.1) is 0 Å². The largest absolute Gasteiger partial charge is 0.290 e. The molecule has 0 aliphatic heterocycles. The van der Waals surface area contributed by atoms with Crippen molar-refractivity contribution in [3.63, 3.8) is 0 Å². The number of aromatic nitrogens is 1. The van der Waals surface area contributed by atoms with Crippen LogP contribution < -0.4 is 5.48 Å². The lowest BCUT2D eigenvalue weighted by Crippen LogP contribution is -2.23. The molecular weight excluding hydrogens is 322 g/mol. The normalized spacial score (nSPS) is 15.3. The van der Waals surface area contributed by atoms with E-state index in [9.17, 15) is 5.21 Å². The second kappa shape index (κ2) is 10.8. The van der Waals surface area contributed by atoms with Gasteiger partial charge in [0.05, 0.1) is 5.69 Å². The molecule has 0 amide bonds. The second-order valence-electron chi connectivity index (χ2n) is 5.88. The van der Waals surface area contributed by atoms with Crippen molar-refractivity contribution in [2.45, 2.75) is 38.5 Å². The van der Waals surface area contributed by atoms with Gasteiger partial charge in [0, 0.05) is 23.8 Å². The maximum atomic E-state index is 9.17. The van der Waals surface area contributed by atoms with Gasteiger partial charge in [-0.1, -0.05) is 55.8 Å². The van der Waals surface area contributed by atoms with Crippen molar-refractivity contribution in [2.24, 2.45) is 10.9 Å². The topological polar surface area (TPSA) is 57.5 Å². The summed E-state index contributed by atoms with van der Waals surface area (Å²) in [6.07, 6.45) is 10.7. The van der Waals surface area contributed by atoms with Crippen LogP contribution in [-0.4, -0.2) is 16.0 Å². The van der Waals surface area contributed by atoms with Crippen molar-refractivity contribution in [3.05, 3.63) is 59.9 Å². The highest BCUT2D eigenvalue weighted by Gasteiger charge is 2.15. The molecule has 1 saturated carbocycles. The maximum absolute atomic E-state index is 9.17. The molecule has 0 unspecified atom stereocenters. The van der Waals surface area contributed by atoms with E-state index in [-0.39, 0.29) is 0 Å². The average Bonchev–Trinajstić information content (AvgIpc) is 2.64. The number of pyridine rings is 1. The summed E-state index contributed by atoms with van der Waals surface area (Å²) in [7, 11) is 0. The van der Waals surface area contributed by atoms with Gasteiger partial charge in [0.1, 0.15) is 5.84 Å². The number of aliphatic imine (C=N–C) groups is 1. The van der Waals surface area contributed by atoms with Crippen LogP contribution in [0.2, 0.25) is 5.02 Å². The predicted molar refractivity (Wildman–Crippen MR) is 98.9 cm³/mol. The third-order valence-electron chi connectivity index (χ3n) is 3.97. The molecule has 0 radical (unpaired) electrons. The molecule has 1 aromatic heterocycles. The SMILES string of the molecule is ONC(CC1CCCCC1)=Nc1cccc(Cl)c1.c1ccncc1. The predicted octanol–water partition coefficient (Wildman–Crippen LogP) is 5.40. The van der Waals surface area contributed by atoms with Gasteiger partial charge in [-0.3, -0.25) is 15.7 Å². The fourth-order valence-electron chi connectivity index (χ4n) is 2.80. The van der Waals surface area contributed by atoms with E-state index in [1.54, 1.807) is 18.5 Å². The minimum atomic E-state index is 0.629. The highest BCUT2D eigenvalue weighted by molar-refractivity contribution is 6.30. The molecule has 5 heteroatoms. The molecule has 1 aliphatic rings. The summed E-state index contributed by atoms with van der Waals surface area (Å²) in [5, 5.41) is 9.83. The fourth-order valence-corrected chi connectivity index (χ4v) is 2.98. The van der Waals surface area contributed by atoms with Crippen LogP contribution in [0.5, 0.6) is 0 Å². The van der Waals surface area contributed by atoms with Crippen LogP contribution in [0.1, 0.15) is 38.5 Å². The Hall–Kier alpha value is -1.91. The average molecular weight is 346 g/mol. The Bertz CT molecular complexity index is 586. The third kappa shape index (κ3) is 7.11. The van der Waals surface area contributed by atoms with E-state index in [2.05, 4.69) is 15.5 Å². The van der Waals surface area contributed by atoms with Gasteiger partial charge >= 0.3 is 0 Å². The number of halogens is 1. The zero-order valence-corrected chi connectivity index (χ0v) is 14.5. The minimum Gasteiger partial charge on any atom is -0.290 e. The van der Waals surface area contributed by atoms with E-state index in [4.69, 9.17) is 11.6 Å². The van der Waals surface area contributed by atoms with Crippen molar-refractivity contribution in [1.29, 1.82) is 0 Å². The van der Waals surface area contributed by atoms with Crippen molar-refractivity contribution >= 4 is 23.1 Å². The first-order valence-electron chi connectivity index (χ1n) is 8.36. The molecular formula is C19H24ClN3O. The van der Waals surface area contributed by atoms with Gasteiger partial charge < -0.3 is 0 Å². The molecule has 1 aromatic carbocycles. The van der Waals surface area contributed by atoms with E-state index in [0.29, 0.717) is 16.8 Å². The summed E-state index contributed by atoms with van der Waals surface area (Å²) in [6.45, 7) is 0. The molecule has 4 nitrogen and oxygen atoms in total. The van der Waals surface area contributed by atoms with E-state index in [0.717, 1.165) is 12.1 Å². The maximum Gasteiger partial charge on any atom is 0.126 e. The number of nitrogens with zero attached hydrogens (tertiary/aromatic N) is 2. The fraction of sp³-hybridized carbons (Fsp3) is 0.368. The molecule has 2 N–H and O–H groups in total. The molecule has 2 aromatic rings. The zero-order chi connectivity index (χ0) is 17.0. The zero-order valence-electron chi connectivity index (χ0n) is 13.7. The van der Waals surface area contributed by atoms with Gasteiger partial charge in [0.2, 0.25) is 0 Å². The summed E-state index contributed by atoms with van der Waals surface area (Å²) in [5.41, 5.74) is 3.00. The highest BCUT2D eigenvalue weighted by atomic mass is 35.5. The summed E-state index contributed by atoms with van der Waals surface area (Å²) < 4.78 is 0.